The average molecular weight is 750 g/mol. The first-order valence-corrected chi connectivity index (χ1v) is 23.3. The molecule has 0 aliphatic carbocycles. The molecule has 0 aliphatic heterocycles. The number of hydrogen-bond donors (Lipinski definition) is 0. The Morgan fingerprint density at radius 1 is 0.577 bits per heavy atom. The van der Waals surface area contributed by atoms with Crippen LogP contribution in [0.1, 0.15) is 178 Å². The molecule has 0 saturated heterocycles. The van der Waals surface area contributed by atoms with Crippen LogP contribution in [0.15, 0.2) is 65.2 Å². The summed E-state index contributed by atoms with van der Waals surface area (Å²) in [5.74, 6) is 0. The van der Waals surface area contributed by atoms with Crippen molar-refractivity contribution < 1.29 is 13.4 Å². The van der Waals surface area contributed by atoms with Crippen molar-refractivity contribution in [3.63, 3.8) is 0 Å². The van der Waals surface area contributed by atoms with Crippen molar-refractivity contribution in [3.05, 3.63) is 93.6 Å². The second-order valence-electron chi connectivity index (χ2n) is 14.9. The van der Waals surface area contributed by atoms with Gasteiger partial charge in [0.05, 0.1) is 0 Å². The van der Waals surface area contributed by atoms with Crippen LogP contribution in [0.4, 0.5) is 5.69 Å². The number of benzene rings is 3. The SMILES string of the molecule is CCCCCCCCc1cc([C](=C(CC)C(C)=Nc2cc(C)c(CCCCCCCC)c(CCCC)c2)[Ni]([CH2]C)[CH2]C)cc(C)c1-c1ccccc1. The van der Waals surface area contributed by atoms with Gasteiger partial charge >= 0.3 is 302 Å². The Morgan fingerprint density at radius 2 is 1.15 bits per heavy atom. The van der Waals surface area contributed by atoms with Crippen molar-refractivity contribution in [2.75, 3.05) is 0 Å². The summed E-state index contributed by atoms with van der Waals surface area (Å²) in [6, 6.07) is 21.1. The van der Waals surface area contributed by atoms with Gasteiger partial charge in [0.1, 0.15) is 0 Å². The van der Waals surface area contributed by atoms with Crippen LogP contribution >= 0.6 is 0 Å². The first kappa shape index (κ1) is 44.0. The summed E-state index contributed by atoms with van der Waals surface area (Å²) in [5.41, 5.74) is 15.6. The number of nitrogens with zero attached hydrogens (tertiary/aromatic N) is 1. The number of aryl methyl sites for hydroxylation is 4. The Hall–Kier alpha value is -2.44. The Kier molecular flexibility index (Phi) is 21.0. The van der Waals surface area contributed by atoms with Crippen LogP contribution in [-0.2, 0) is 32.7 Å². The van der Waals surface area contributed by atoms with Gasteiger partial charge in [0.25, 0.3) is 0 Å². The van der Waals surface area contributed by atoms with Crippen molar-refractivity contribution >= 4 is 15.9 Å². The normalized spacial score (nSPS) is 12.7. The van der Waals surface area contributed by atoms with Crippen LogP contribution in [-0.4, -0.2) is 5.71 Å². The number of hydrogen-bond acceptors (Lipinski definition) is 1. The minimum absolute atomic E-state index is 0.0122. The molecule has 0 saturated carbocycles. The van der Waals surface area contributed by atoms with E-state index in [9.17, 15) is 0 Å². The minimum atomic E-state index is -0.0122. The van der Waals surface area contributed by atoms with E-state index < -0.39 is 0 Å². The van der Waals surface area contributed by atoms with E-state index in [0.717, 1.165) is 24.9 Å². The monoisotopic (exact) mass is 749 g/mol. The van der Waals surface area contributed by atoms with E-state index in [2.05, 4.69) is 117 Å². The van der Waals surface area contributed by atoms with Gasteiger partial charge in [-0.2, -0.15) is 0 Å². The van der Waals surface area contributed by atoms with Gasteiger partial charge in [-0.05, 0) is 0 Å². The second-order valence-corrected chi connectivity index (χ2v) is 18.0. The fourth-order valence-electron chi connectivity index (χ4n) is 7.88. The molecule has 0 amide bonds. The van der Waals surface area contributed by atoms with Gasteiger partial charge < -0.3 is 0 Å². The van der Waals surface area contributed by atoms with Gasteiger partial charge in [0.15, 0.2) is 0 Å². The van der Waals surface area contributed by atoms with Crippen LogP contribution in [0.3, 0.4) is 0 Å². The van der Waals surface area contributed by atoms with Crippen LogP contribution in [0, 0.1) is 13.8 Å². The van der Waals surface area contributed by atoms with E-state index in [1.54, 1.807) is 15.7 Å². The standard InChI is InChI=1S/C46H66N.2C2H5.Ni/c1-8-12-15-17-19-22-29-43-34-39(31-37(6)46(43)41-27-23-21-24-28-41)33-40(11-4)38(7)47-44-32-36(5)45(42(35-44)26-14-10-3)30-25-20-18-16-13-9-2;2*1-2;/h21,23-24,27-28,31-32,34-35H,8-20,22,25-26,29-30H2,1-7H3;2*1H2,2H3;. The van der Waals surface area contributed by atoms with Gasteiger partial charge in [0.2, 0.25) is 0 Å². The molecule has 1 nitrogen and oxygen atoms in total. The summed E-state index contributed by atoms with van der Waals surface area (Å²) in [4.78, 5) is 5.49. The van der Waals surface area contributed by atoms with Gasteiger partial charge in [-0.25, -0.2) is 0 Å². The van der Waals surface area contributed by atoms with Crippen molar-refractivity contribution in [1.82, 2.24) is 0 Å². The van der Waals surface area contributed by atoms with E-state index >= 15 is 0 Å². The molecule has 2 heteroatoms. The first-order chi connectivity index (χ1) is 25.3. The molecule has 291 valence electrons. The number of aliphatic imine (C=N–C) groups is 1. The molecular weight excluding hydrogens is 673 g/mol. The predicted molar refractivity (Wildman–Crippen MR) is 232 cm³/mol. The summed E-state index contributed by atoms with van der Waals surface area (Å²) in [7, 11) is 0. The number of rotatable bonds is 25. The summed E-state index contributed by atoms with van der Waals surface area (Å²) in [6.07, 6.45) is 23.1. The second kappa shape index (κ2) is 24.8. The van der Waals surface area contributed by atoms with Crippen molar-refractivity contribution in [1.29, 1.82) is 0 Å². The third kappa shape index (κ3) is 13.4. The molecule has 3 aromatic carbocycles. The zero-order chi connectivity index (χ0) is 37.7. The fourth-order valence-corrected chi connectivity index (χ4v) is 10.4. The molecule has 0 aromatic heterocycles. The zero-order valence-electron chi connectivity index (χ0n) is 35.1. The molecular formula is C50H76NNi. The Bertz CT molecular complexity index is 1520. The molecule has 0 N–H and O–H groups in total. The summed E-state index contributed by atoms with van der Waals surface area (Å²) < 4.78 is 1.57. The average Bonchev–Trinajstić information content (AvgIpc) is 3.14. The molecule has 3 rings (SSSR count). The predicted octanol–water partition coefficient (Wildman–Crippen LogP) is 16.5. The molecule has 0 unspecified atom stereocenters. The van der Waals surface area contributed by atoms with Crippen molar-refractivity contribution in [3.8, 4) is 11.1 Å². The molecule has 0 spiro atoms. The number of unbranched alkanes of at least 4 members (excludes halogenated alkanes) is 11. The van der Waals surface area contributed by atoms with E-state index in [1.807, 2.05) is 0 Å². The molecule has 0 atom stereocenters. The quantitative estimate of drug-likeness (QED) is 0.0465. The molecule has 0 bridgehead atoms. The summed E-state index contributed by atoms with van der Waals surface area (Å²) in [6.45, 7) is 21.1. The van der Waals surface area contributed by atoms with Crippen LogP contribution in [0.25, 0.3) is 15.7 Å². The maximum atomic E-state index is 5.49. The molecule has 52 heavy (non-hydrogen) atoms. The van der Waals surface area contributed by atoms with Gasteiger partial charge in [-0.3, -0.25) is 0 Å². The zero-order valence-corrected chi connectivity index (χ0v) is 36.1. The first-order valence-electron chi connectivity index (χ1n) is 21.4. The van der Waals surface area contributed by atoms with E-state index in [4.69, 9.17) is 4.99 Å². The van der Waals surface area contributed by atoms with Crippen molar-refractivity contribution in [2.24, 2.45) is 4.99 Å². The van der Waals surface area contributed by atoms with E-state index in [1.165, 1.54) is 152 Å². The van der Waals surface area contributed by atoms with Crippen LogP contribution < -0.4 is 0 Å². The Morgan fingerprint density at radius 3 is 1.75 bits per heavy atom. The van der Waals surface area contributed by atoms with Gasteiger partial charge in [-0.15, -0.1) is 0 Å². The van der Waals surface area contributed by atoms with Gasteiger partial charge in [0, 0.05) is 0 Å². The van der Waals surface area contributed by atoms with Crippen molar-refractivity contribution in [2.45, 2.75) is 189 Å². The van der Waals surface area contributed by atoms with E-state index in [-0.39, 0.29) is 13.4 Å². The third-order valence-electron chi connectivity index (χ3n) is 10.7. The van der Waals surface area contributed by atoms with Crippen LogP contribution in [0.2, 0.25) is 10.8 Å². The molecule has 0 radical (unpaired) electrons. The van der Waals surface area contributed by atoms with Crippen LogP contribution in [0.5, 0.6) is 0 Å². The summed E-state index contributed by atoms with van der Waals surface area (Å²) >= 11 is -0.0122. The molecule has 0 heterocycles. The molecule has 0 aliphatic rings. The summed E-state index contributed by atoms with van der Waals surface area (Å²) in [5, 5.41) is 2.37. The molecule has 3 aromatic rings. The third-order valence-corrected chi connectivity index (χ3v) is 13.7. The Balaban J connectivity index is 2.10. The van der Waals surface area contributed by atoms with Gasteiger partial charge in [-0.1, -0.05) is 26.2 Å². The molecule has 0 fully saturated rings. The number of allylic oxidation sites excluding steroid dienone is 1. The topological polar surface area (TPSA) is 12.4 Å². The maximum absolute atomic E-state index is 5.49. The Labute approximate surface area is 326 Å². The fraction of sp³-hybridized carbons (Fsp3) is 0.580. The van der Waals surface area contributed by atoms with E-state index in [0.29, 0.717) is 0 Å².